The largest absolute Gasteiger partial charge is 0.277 e. The Balaban J connectivity index is 2.89. The van der Waals surface area contributed by atoms with Gasteiger partial charge in [-0.15, -0.1) is 0 Å². The number of nitrogens with zero attached hydrogens (tertiary/aromatic N) is 1. The van der Waals surface area contributed by atoms with Crippen LogP contribution in [0.25, 0.3) is 16.8 Å². The first-order valence-electron chi connectivity index (χ1n) is 4.52. The van der Waals surface area contributed by atoms with Gasteiger partial charge in [-0.05, 0) is 23.1 Å². The average molecular weight is 199 g/mol. The molecular weight excluding hydrogens is 190 g/mol. The molecule has 0 aromatic heterocycles. The molecule has 0 N–H and O–H groups in total. The van der Waals surface area contributed by atoms with Crippen molar-refractivity contribution in [2.45, 2.75) is 0 Å². The van der Waals surface area contributed by atoms with Gasteiger partial charge in [-0.2, -0.15) is 0 Å². The fourth-order valence-corrected chi connectivity index (χ4v) is 1.64. The molecule has 0 radical (unpaired) electrons. The van der Waals surface area contributed by atoms with E-state index in [-0.39, 0.29) is 10.6 Å². The zero-order valence-electron chi connectivity index (χ0n) is 8.01. The number of nitro groups is 1. The first-order valence-corrected chi connectivity index (χ1v) is 4.52. The molecule has 2 aromatic carbocycles. The summed E-state index contributed by atoms with van der Waals surface area (Å²) in [6.07, 6.45) is 1.70. The van der Waals surface area contributed by atoms with Crippen molar-refractivity contribution in [3.8, 4) is 0 Å². The van der Waals surface area contributed by atoms with Crippen LogP contribution in [0.5, 0.6) is 0 Å². The van der Waals surface area contributed by atoms with Gasteiger partial charge in [0.1, 0.15) is 0 Å². The SMILES string of the molecule is C=Cc1ccc([N+](=O)[O-])c2ccccc12. The Hall–Kier alpha value is -2.16. The standard InChI is InChI=1S/C12H9NO2/c1-2-9-7-8-12(13(14)15)11-6-4-3-5-10(9)11/h2-8H,1H2. The predicted octanol–water partition coefficient (Wildman–Crippen LogP) is 3.39. The van der Waals surface area contributed by atoms with Crippen LogP contribution in [-0.2, 0) is 0 Å². The van der Waals surface area contributed by atoms with Gasteiger partial charge in [0, 0.05) is 6.07 Å². The van der Waals surface area contributed by atoms with Gasteiger partial charge >= 0.3 is 0 Å². The van der Waals surface area contributed by atoms with E-state index in [0.29, 0.717) is 5.39 Å². The molecule has 2 rings (SSSR count). The number of fused-ring (bicyclic) bond motifs is 1. The second-order valence-electron chi connectivity index (χ2n) is 3.18. The molecule has 0 heterocycles. The zero-order valence-corrected chi connectivity index (χ0v) is 8.01. The third-order valence-corrected chi connectivity index (χ3v) is 2.35. The Morgan fingerprint density at radius 2 is 1.80 bits per heavy atom. The molecule has 15 heavy (non-hydrogen) atoms. The fourth-order valence-electron chi connectivity index (χ4n) is 1.64. The maximum absolute atomic E-state index is 10.8. The lowest BCUT2D eigenvalue weighted by Gasteiger charge is -2.02. The molecule has 2 aromatic rings. The zero-order chi connectivity index (χ0) is 10.8. The lowest BCUT2D eigenvalue weighted by atomic mass is 10.0. The van der Waals surface area contributed by atoms with Crippen molar-refractivity contribution >= 4 is 22.5 Å². The van der Waals surface area contributed by atoms with E-state index in [1.54, 1.807) is 24.3 Å². The predicted molar refractivity (Wildman–Crippen MR) is 60.7 cm³/mol. The summed E-state index contributed by atoms with van der Waals surface area (Å²) in [5.74, 6) is 0. The second-order valence-corrected chi connectivity index (χ2v) is 3.18. The Labute approximate surface area is 86.8 Å². The maximum atomic E-state index is 10.8. The van der Waals surface area contributed by atoms with Crippen molar-refractivity contribution in [2.24, 2.45) is 0 Å². The number of hydrogen-bond acceptors (Lipinski definition) is 2. The monoisotopic (exact) mass is 199 g/mol. The Morgan fingerprint density at radius 3 is 2.40 bits per heavy atom. The van der Waals surface area contributed by atoms with Crippen LogP contribution in [0, 0.1) is 10.1 Å². The Kier molecular flexibility index (Phi) is 2.21. The quantitative estimate of drug-likeness (QED) is 0.549. The van der Waals surface area contributed by atoms with Crippen LogP contribution in [0.3, 0.4) is 0 Å². The van der Waals surface area contributed by atoms with Crippen molar-refractivity contribution in [2.75, 3.05) is 0 Å². The minimum atomic E-state index is -0.366. The van der Waals surface area contributed by atoms with Gasteiger partial charge in [-0.1, -0.05) is 30.9 Å². The molecule has 0 unspecified atom stereocenters. The van der Waals surface area contributed by atoms with E-state index in [0.717, 1.165) is 10.9 Å². The van der Waals surface area contributed by atoms with Gasteiger partial charge in [0.05, 0.1) is 10.3 Å². The molecule has 0 bridgehead atoms. The summed E-state index contributed by atoms with van der Waals surface area (Å²) in [6, 6.07) is 10.5. The molecule has 0 amide bonds. The van der Waals surface area contributed by atoms with Crippen molar-refractivity contribution in [1.82, 2.24) is 0 Å². The minimum absolute atomic E-state index is 0.135. The van der Waals surface area contributed by atoms with E-state index in [2.05, 4.69) is 6.58 Å². The molecule has 0 saturated heterocycles. The Morgan fingerprint density at radius 1 is 1.13 bits per heavy atom. The highest BCUT2D eigenvalue weighted by Crippen LogP contribution is 2.28. The molecule has 0 fully saturated rings. The van der Waals surface area contributed by atoms with Gasteiger partial charge in [0.25, 0.3) is 5.69 Å². The normalized spacial score (nSPS) is 10.1. The van der Waals surface area contributed by atoms with E-state index in [1.807, 2.05) is 12.1 Å². The van der Waals surface area contributed by atoms with Crippen LogP contribution < -0.4 is 0 Å². The van der Waals surface area contributed by atoms with Gasteiger partial charge in [-0.25, -0.2) is 0 Å². The summed E-state index contributed by atoms with van der Waals surface area (Å²) in [6.45, 7) is 3.69. The number of benzene rings is 2. The lowest BCUT2D eigenvalue weighted by Crippen LogP contribution is -1.90. The molecule has 0 atom stereocenters. The second kappa shape index (κ2) is 3.53. The molecule has 0 aliphatic heterocycles. The van der Waals surface area contributed by atoms with Gasteiger partial charge in [0.2, 0.25) is 0 Å². The topological polar surface area (TPSA) is 43.1 Å². The first kappa shape index (κ1) is 9.40. The van der Waals surface area contributed by atoms with Crippen LogP contribution in [0.1, 0.15) is 5.56 Å². The number of nitro benzene ring substituents is 1. The summed E-state index contributed by atoms with van der Waals surface area (Å²) in [7, 11) is 0. The average Bonchev–Trinajstić information content (AvgIpc) is 2.27. The van der Waals surface area contributed by atoms with E-state index >= 15 is 0 Å². The molecule has 0 aliphatic rings. The third-order valence-electron chi connectivity index (χ3n) is 2.35. The Bertz CT molecular complexity index is 546. The minimum Gasteiger partial charge on any atom is -0.258 e. The summed E-state index contributed by atoms with van der Waals surface area (Å²) < 4.78 is 0. The van der Waals surface area contributed by atoms with Crippen LogP contribution in [0.4, 0.5) is 5.69 Å². The van der Waals surface area contributed by atoms with Gasteiger partial charge in [-0.3, -0.25) is 10.1 Å². The number of hydrogen-bond donors (Lipinski definition) is 0. The van der Waals surface area contributed by atoms with Crippen molar-refractivity contribution in [3.63, 3.8) is 0 Å². The molecule has 3 heteroatoms. The lowest BCUT2D eigenvalue weighted by molar-refractivity contribution is -0.383. The summed E-state index contributed by atoms with van der Waals surface area (Å²) in [4.78, 5) is 10.4. The molecule has 3 nitrogen and oxygen atoms in total. The maximum Gasteiger partial charge on any atom is 0.277 e. The molecular formula is C12H9NO2. The van der Waals surface area contributed by atoms with Crippen LogP contribution in [0.15, 0.2) is 43.0 Å². The summed E-state index contributed by atoms with van der Waals surface area (Å²) in [5, 5.41) is 12.3. The number of rotatable bonds is 2. The molecule has 0 spiro atoms. The van der Waals surface area contributed by atoms with Crippen molar-refractivity contribution in [3.05, 3.63) is 58.7 Å². The highest BCUT2D eigenvalue weighted by Gasteiger charge is 2.11. The van der Waals surface area contributed by atoms with Crippen LogP contribution in [-0.4, -0.2) is 4.92 Å². The van der Waals surface area contributed by atoms with E-state index in [9.17, 15) is 10.1 Å². The van der Waals surface area contributed by atoms with Crippen molar-refractivity contribution in [1.29, 1.82) is 0 Å². The first-order chi connectivity index (χ1) is 7.24. The third kappa shape index (κ3) is 1.48. The molecule has 0 aliphatic carbocycles. The molecule has 0 saturated carbocycles. The van der Waals surface area contributed by atoms with Crippen molar-refractivity contribution < 1.29 is 4.92 Å². The van der Waals surface area contributed by atoms with E-state index in [1.165, 1.54) is 6.07 Å². The highest BCUT2D eigenvalue weighted by molar-refractivity contribution is 5.96. The van der Waals surface area contributed by atoms with E-state index in [4.69, 9.17) is 0 Å². The smallest absolute Gasteiger partial charge is 0.258 e. The van der Waals surface area contributed by atoms with Gasteiger partial charge in [0.15, 0.2) is 0 Å². The summed E-state index contributed by atoms with van der Waals surface area (Å²) in [5.41, 5.74) is 1.05. The van der Waals surface area contributed by atoms with Gasteiger partial charge < -0.3 is 0 Å². The van der Waals surface area contributed by atoms with Crippen LogP contribution in [0.2, 0.25) is 0 Å². The van der Waals surface area contributed by atoms with Crippen LogP contribution >= 0.6 is 0 Å². The highest BCUT2D eigenvalue weighted by atomic mass is 16.6. The number of non-ortho nitro benzene ring substituents is 1. The summed E-state index contributed by atoms with van der Waals surface area (Å²) >= 11 is 0. The van der Waals surface area contributed by atoms with E-state index < -0.39 is 0 Å². The fraction of sp³-hybridized carbons (Fsp3) is 0. The molecule has 74 valence electrons.